The van der Waals surface area contributed by atoms with Crippen LogP contribution in [0.5, 0.6) is 0 Å². The standard InChI is InChI=1S/C17H27N3O/c1-3-4-14-9-11-20(12-10-14)13(2)17(21)19-16-7-5-15(18)6-8-16/h5-8,13-14H,3-4,9-12,18H2,1-2H3,(H,19,21). The number of hydrogen-bond acceptors (Lipinski definition) is 3. The minimum absolute atomic E-state index is 0.0636. The van der Waals surface area contributed by atoms with Crippen molar-refractivity contribution in [3.05, 3.63) is 24.3 Å². The molecule has 0 radical (unpaired) electrons. The lowest BCUT2D eigenvalue weighted by Gasteiger charge is -2.35. The molecule has 2 rings (SSSR count). The normalized spacial score (nSPS) is 18.4. The van der Waals surface area contributed by atoms with Crippen molar-refractivity contribution in [2.24, 2.45) is 5.92 Å². The van der Waals surface area contributed by atoms with Crippen LogP contribution < -0.4 is 11.1 Å². The molecular weight excluding hydrogens is 262 g/mol. The minimum atomic E-state index is -0.0786. The predicted octanol–water partition coefficient (Wildman–Crippen LogP) is 3.11. The van der Waals surface area contributed by atoms with E-state index >= 15 is 0 Å². The number of hydrogen-bond donors (Lipinski definition) is 2. The van der Waals surface area contributed by atoms with Crippen molar-refractivity contribution >= 4 is 17.3 Å². The fraction of sp³-hybridized carbons (Fsp3) is 0.588. The van der Waals surface area contributed by atoms with E-state index < -0.39 is 0 Å². The van der Waals surface area contributed by atoms with Crippen LogP contribution in [0.1, 0.15) is 39.5 Å². The number of benzene rings is 1. The van der Waals surface area contributed by atoms with Gasteiger partial charge >= 0.3 is 0 Å². The number of likely N-dealkylation sites (tertiary alicyclic amines) is 1. The zero-order chi connectivity index (χ0) is 15.2. The Morgan fingerprint density at radius 2 is 1.95 bits per heavy atom. The summed E-state index contributed by atoms with van der Waals surface area (Å²) in [7, 11) is 0. The van der Waals surface area contributed by atoms with Gasteiger partial charge in [-0.05, 0) is 63.0 Å². The number of amides is 1. The molecule has 116 valence electrons. The first-order valence-electron chi connectivity index (χ1n) is 8.00. The molecule has 0 saturated carbocycles. The summed E-state index contributed by atoms with van der Waals surface area (Å²) in [6, 6.07) is 7.21. The smallest absolute Gasteiger partial charge is 0.241 e. The lowest BCUT2D eigenvalue weighted by atomic mass is 9.92. The van der Waals surface area contributed by atoms with Gasteiger partial charge in [0.15, 0.2) is 0 Å². The Balaban J connectivity index is 1.84. The molecular formula is C17H27N3O. The third kappa shape index (κ3) is 4.46. The first-order chi connectivity index (χ1) is 10.1. The van der Waals surface area contributed by atoms with Gasteiger partial charge in [0.25, 0.3) is 0 Å². The number of nitrogens with one attached hydrogen (secondary N) is 1. The van der Waals surface area contributed by atoms with Gasteiger partial charge in [-0.25, -0.2) is 0 Å². The quantitative estimate of drug-likeness (QED) is 0.819. The van der Waals surface area contributed by atoms with Crippen LogP contribution in [-0.2, 0) is 4.79 Å². The lowest BCUT2D eigenvalue weighted by Crippen LogP contribution is -2.46. The molecule has 1 amide bonds. The molecule has 0 bridgehead atoms. The third-order valence-electron chi connectivity index (χ3n) is 4.45. The van der Waals surface area contributed by atoms with Crippen LogP contribution in [0.4, 0.5) is 11.4 Å². The Kier molecular flexibility index (Phi) is 5.62. The molecule has 1 saturated heterocycles. The molecule has 1 aromatic rings. The van der Waals surface area contributed by atoms with Crippen LogP contribution in [0.3, 0.4) is 0 Å². The van der Waals surface area contributed by atoms with E-state index in [2.05, 4.69) is 17.1 Å². The first kappa shape index (κ1) is 15.8. The summed E-state index contributed by atoms with van der Waals surface area (Å²) in [5.41, 5.74) is 7.17. The molecule has 1 atom stereocenters. The third-order valence-corrected chi connectivity index (χ3v) is 4.45. The lowest BCUT2D eigenvalue weighted by molar-refractivity contribution is -0.121. The zero-order valence-electron chi connectivity index (χ0n) is 13.1. The molecule has 0 spiro atoms. The highest BCUT2D eigenvalue weighted by Crippen LogP contribution is 2.23. The Morgan fingerprint density at radius 3 is 2.52 bits per heavy atom. The molecule has 3 N–H and O–H groups in total. The van der Waals surface area contributed by atoms with Crippen LogP contribution in [0.15, 0.2) is 24.3 Å². The van der Waals surface area contributed by atoms with Crippen molar-refractivity contribution in [2.75, 3.05) is 24.1 Å². The molecule has 1 fully saturated rings. The maximum absolute atomic E-state index is 12.3. The highest BCUT2D eigenvalue weighted by atomic mass is 16.2. The number of nitrogens with zero attached hydrogens (tertiary/aromatic N) is 1. The molecule has 0 aromatic heterocycles. The van der Waals surface area contributed by atoms with Crippen molar-refractivity contribution in [2.45, 2.75) is 45.6 Å². The summed E-state index contributed by atoms with van der Waals surface area (Å²) in [5.74, 6) is 0.910. The number of piperidine rings is 1. The summed E-state index contributed by atoms with van der Waals surface area (Å²) >= 11 is 0. The molecule has 4 heteroatoms. The number of carbonyl (C=O) groups excluding carboxylic acids is 1. The summed E-state index contributed by atoms with van der Waals surface area (Å²) in [6.45, 7) is 6.30. The number of carbonyl (C=O) groups is 1. The number of nitrogens with two attached hydrogens (primary N) is 1. The van der Waals surface area contributed by atoms with Gasteiger partial charge in [-0.1, -0.05) is 19.8 Å². The zero-order valence-corrected chi connectivity index (χ0v) is 13.1. The number of rotatable bonds is 5. The van der Waals surface area contributed by atoms with Gasteiger partial charge in [-0.2, -0.15) is 0 Å². The molecule has 21 heavy (non-hydrogen) atoms. The van der Waals surface area contributed by atoms with Crippen molar-refractivity contribution < 1.29 is 4.79 Å². The van der Waals surface area contributed by atoms with Crippen LogP contribution >= 0.6 is 0 Å². The Bertz CT molecular complexity index is 450. The maximum atomic E-state index is 12.3. The van der Waals surface area contributed by atoms with E-state index in [0.717, 1.165) is 24.7 Å². The van der Waals surface area contributed by atoms with Gasteiger partial charge in [-0.3, -0.25) is 9.69 Å². The Hall–Kier alpha value is -1.55. The first-order valence-corrected chi connectivity index (χ1v) is 8.00. The van der Waals surface area contributed by atoms with Crippen LogP contribution in [-0.4, -0.2) is 29.9 Å². The van der Waals surface area contributed by atoms with Gasteiger partial charge < -0.3 is 11.1 Å². The van der Waals surface area contributed by atoms with E-state index in [1.54, 1.807) is 12.1 Å². The van der Waals surface area contributed by atoms with E-state index in [-0.39, 0.29) is 11.9 Å². The van der Waals surface area contributed by atoms with E-state index in [1.807, 2.05) is 19.1 Å². The highest BCUT2D eigenvalue weighted by molar-refractivity contribution is 5.94. The van der Waals surface area contributed by atoms with E-state index in [0.29, 0.717) is 5.69 Å². The highest BCUT2D eigenvalue weighted by Gasteiger charge is 2.26. The molecule has 4 nitrogen and oxygen atoms in total. The van der Waals surface area contributed by atoms with Crippen molar-refractivity contribution in [3.8, 4) is 0 Å². The fourth-order valence-electron chi connectivity index (χ4n) is 3.02. The second kappa shape index (κ2) is 7.46. The summed E-state index contributed by atoms with van der Waals surface area (Å²) < 4.78 is 0. The molecule has 1 aliphatic rings. The SMILES string of the molecule is CCCC1CCN(C(C)C(=O)Nc2ccc(N)cc2)CC1. The van der Waals surface area contributed by atoms with Crippen molar-refractivity contribution in [1.29, 1.82) is 0 Å². The monoisotopic (exact) mass is 289 g/mol. The Morgan fingerprint density at radius 1 is 1.33 bits per heavy atom. The van der Waals surface area contributed by atoms with Crippen molar-refractivity contribution in [1.82, 2.24) is 4.90 Å². The van der Waals surface area contributed by atoms with Crippen LogP contribution in [0.2, 0.25) is 0 Å². The van der Waals surface area contributed by atoms with Gasteiger partial charge in [0.05, 0.1) is 6.04 Å². The fourth-order valence-corrected chi connectivity index (χ4v) is 3.02. The van der Waals surface area contributed by atoms with E-state index in [9.17, 15) is 4.79 Å². The molecule has 1 aliphatic heterocycles. The number of anilines is 2. The average molecular weight is 289 g/mol. The largest absolute Gasteiger partial charge is 0.399 e. The second-order valence-corrected chi connectivity index (χ2v) is 6.06. The summed E-state index contributed by atoms with van der Waals surface area (Å²) in [5, 5.41) is 2.97. The average Bonchev–Trinajstić information content (AvgIpc) is 2.50. The topological polar surface area (TPSA) is 58.4 Å². The van der Waals surface area contributed by atoms with Crippen molar-refractivity contribution in [3.63, 3.8) is 0 Å². The van der Waals surface area contributed by atoms with Gasteiger partial charge in [0, 0.05) is 11.4 Å². The second-order valence-electron chi connectivity index (χ2n) is 6.06. The van der Waals surface area contributed by atoms with Crippen LogP contribution in [0, 0.1) is 5.92 Å². The van der Waals surface area contributed by atoms with E-state index in [1.165, 1.54) is 25.7 Å². The van der Waals surface area contributed by atoms with E-state index in [4.69, 9.17) is 5.73 Å². The molecule has 1 unspecified atom stereocenters. The Labute approximate surface area is 127 Å². The summed E-state index contributed by atoms with van der Waals surface area (Å²) in [6.07, 6.45) is 5.01. The predicted molar refractivity (Wildman–Crippen MR) is 88.2 cm³/mol. The molecule has 0 aliphatic carbocycles. The van der Waals surface area contributed by atoms with Gasteiger partial charge in [-0.15, -0.1) is 0 Å². The summed E-state index contributed by atoms with van der Waals surface area (Å²) in [4.78, 5) is 14.6. The van der Waals surface area contributed by atoms with Gasteiger partial charge in [0.1, 0.15) is 0 Å². The molecule has 1 aromatic carbocycles. The van der Waals surface area contributed by atoms with Crippen LogP contribution in [0.25, 0.3) is 0 Å². The number of nitrogen functional groups attached to an aromatic ring is 1. The maximum Gasteiger partial charge on any atom is 0.241 e. The minimum Gasteiger partial charge on any atom is -0.399 e. The van der Waals surface area contributed by atoms with Gasteiger partial charge in [0.2, 0.25) is 5.91 Å². The molecule has 1 heterocycles.